The molecule has 0 rings (SSSR count). The zero-order valence-electron chi connectivity index (χ0n) is 3.41. The summed E-state index contributed by atoms with van der Waals surface area (Å²) < 4.78 is 0. The van der Waals surface area contributed by atoms with Crippen LogP contribution in [0, 0.1) is 0 Å². The summed E-state index contributed by atoms with van der Waals surface area (Å²) in [6.07, 6.45) is 0. The monoisotopic (exact) mass is 182 g/mol. The summed E-state index contributed by atoms with van der Waals surface area (Å²) in [6, 6.07) is 0. The van der Waals surface area contributed by atoms with Gasteiger partial charge in [0.25, 0.3) is 0 Å². The van der Waals surface area contributed by atoms with Crippen LogP contribution in [0.3, 0.4) is 0 Å². The normalized spacial score (nSPS) is 4.50. The first-order valence-corrected chi connectivity index (χ1v) is 3.31. The predicted octanol–water partition coefficient (Wildman–Crippen LogP) is -1.13. The van der Waals surface area contributed by atoms with Crippen molar-refractivity contribution in [2.45, 2.75) is 12.2 Å². The molecule has 0 unspecified atom stereocenters. The van der Waals surface area contributed by atoms with Gasteiger partial charge in [0.2, 0.25) is 0 Å². The summed E-state index contributed by atoms with van der Waals surface area (Å²) in [5, 5.41) is 1.38. The second-order valence-electron chi connectivity index (χ2n) is 0.500. The van der Waals surface area contributed by atoms with E-state index in [1.807, 2.05) is 0 Å². The van der Waals surface area contributed by atoms with E-state index in [2.05, 4.69) is 6.92 Å². The van der Waals surface area contributed by atoms with Gasteiger partial charge in [0.1, 0.15) is 0 Å². The van der Waals surface area contributed by atoms with Gasteiger partial charge in [-0.2, -0.15) is 0 Å². The van der Waals surface area contributed by atoms with Crippen molar-refractivity contribution in [2.24, 2.45) is 0 Å². The Hall–Kier alpha value is 1.09. The van der Waals surface area contributed by atoms with Crippen LogP contribution in [-0.2, 0) is 0 Å². The molecule has 0 aliphatic carbocycles. The first-order chi connectivity index (χ1) is 1.41. The molecular formula is C2H10Ge2. The van der Waals surface area contributed by atoms with Crippen LogP contribution in [0.25, 0.3) is 0 Å². The second-order valence-corrected chi connectivity index (χ2v) is 2.60. The predicted molar refractivity (Wildman–Crippen MR) is 29.0 cm³/mol. The van der Waals surface area contributed by atoms with E-state index in [9.17, 15) is 0 Å². The van der Waals surface area contributed by atoms with E-state index in [0.29, 0.717) is 0 Å². The molecule has 0 heterocycles. The molecule has 0 fully saturated rings. The molecule has 0 saturated heterocycles. The first kappa shape index (κ1) is 8.92. The molecule has 0 atom stereocenters. The minimum atomic E-state index is 0. The summed E-state index contributed by atoms with van der Waals surface area (Å²) in [5.74, 6) is 0. The molecule has 0 saturated carbocycles. The summed E-state index contributed by atoms with van der Waals surface area (Å²) in [5.41, 5.74) is 0. The molecule has 0 aliphatic heterocycles. The topological polar surface area (TPSA) is 0 Å². The van der Waals surface area contributed by atoms with Crippen molar-refractivity contribution in [1.29, 1.82) is 0 Å². The van der Waals surface area contributed by atoms with Crippen molar-refractivity contribution < 1.29 is 0 Å². The fraction of sp³-hybridized carbons (Fsp3) is 1.00. The third-order valence-corrected chi connectivity index (χ3v) is 0. The van der Waals surface area contributed by atoms with Crippen LogP contribution in [0.15, 0.2) is 0 Å². The maximum absolute atomic E-state index is 2.18. The van der Waals surface area contributed by atoms with E-state index < -0.39 is 0 Å². The van der Waals surface area contributed by atoms with E-state index in [1.165, 1.54) is 21.8 Å². The zero-order valence-corrected chi connectivity index (χ0v) is 10.6. The van der Waals surface area contributed by atoms with E-state index >= 15 is 0 Å². The van der Waals surface area contributed by atoms with Crippen LogP contribution in [0.1, 0.15) is 6.92 Å². The standard InChI is InChI=1S/C2H7Ge.GeH3/c1-2-3;/h2-3H2,1H3;1H3. The van der Waals surface area contributed by atoms with Crippen molar-refractivity contribution in [1.82, 2.24) is 0 Å². The minimum absolute atomic E-state index is 0. The Kier molecular flexibility index (Phi) is 19.9. The van der Waals surface area contributed by atoms with Gasteiger partial charge in [-0.25, -0.2) is 0 Å². The number of hydrogen-bond acceptors (Lipinski definition) is 0. The average Bonchev–Trinajstić information content (AvgIpc) is 0.918. The van der Waals surface area contributed by atoms with Crippen molar-refractivity contribution in [2.75, 3.05) is 0 Å². The molecule has 0 aromatic carbocycles. The molecule has 0 nitrogen and oxygen atoms in total. The van der Waals surface area contributed by atoms with E-state index in [4.69, 9.17) is 0 Å². The van der Waals surface area contributed by atoms with Crippen molar-refractivity contribution in [3.8, 4) is 0 Å². The summed E-state index contributed by atoms with van der Waals surface area (Å²) in [4.78, 5) is 0. The molecule has 0 N–H and O–H groups in total. The van der Waals surface area contributed by atoms with Gasteiger partial charge in [-0.15, -0.1) is 0 Å². The average molecular weight is 179 g/mol. The van der Waals surface area contributed by atoms with Gasteiger partial charge in [0.15, 0.2) is 0 Å². The Morgan fingerprint density at radius 2 is 1.75 bits per heavy atom. The van der Waals surface area contributed by atoms with Crippen LogP contribution in [0.4, 0.5) is 0 Å². The summed E-state index contributed by atoms with van der Waals surface area (Å²) in [7, 11) is 0. The van der Waals surface area contributed by atoms with Gasteiger partial charge in [-0.3, -0.25) is 0 Å². The Morgan fingerprint density at radius 1 is 1.75 bits per heavy atom. The van der Waals surface area contributed by atoms with Crippen molar-refractivity contribution in [3.05, 3.63) is 0 Å². The van der Waals surface area contributed by atoms with Crippen LogP contribution < -0.4 is 0 Å². The summed E-state index contributed by atoms with van der Waals surface area (Å²) in [6.45, 7) is 2.18. The molecule has 0 amide bonds. The van der Waals surface area contributed by atoms with Crippen LogP contribution >= 0.6 is 0 Å². The molecule has 0 aromatic heterocycles. The van der Waals surface area contributed by atoms with E-state index in [1.54, 1.807) is 0 Å². The molecule has 2 radical (unpaired) electrons. The molecular weight excluding hydrogens is 169 g/mol. The van der Waals surface area contributed by atoms with E-state index in [-0.39, 0.29) is 17.6 Å². The Morgan fingerprint density at radius 3 is 1.75 bits per heavy atom. The molecule has 26 valence electrons. The third-order valence-electron chi connectivity index (χ3n) is 0. The molecule has 0 aromatic rings. The van der Waals surface area contributed by atoms with Gasteiger partial charge in [0, 0.05) is 0 Å². The van der Waals surface area contributed by atoms with Crippen LogP contribution in [0.5, 0.6) is 0 Å². The van der Waals surface area contributed by atoms with Gasteiger partial charge in [-0.05, 0) is 0 Å². The third kappa shape index (κ3) is 11.4. The Bertz CT molecular complexity index is 4.00. The fourth-order valence-corrected chi connectivity index (χ4v) is 0. The first-order valence-electron chi connectivity index (χ1n) is 1.21. The van der Waals surface area contributed by atoms with Gasteiger partial charge >= 0.3 is 46.3 Å². The Labute approximate surface area is 46.5 Å². The Balaban J connectivity index is 0. The maximum atomic E-state index is 2.18. The van der Waals surface area contributed by atoms with Gasteiger partial charge in [-0.1, -0.05) is 0 Å². The number of rotatable bonds is 0. The molecule has 0 spiro atoms. The van der Waals surface area contributed by atoms with Gasteiger partial charge < -0.3 is 0 Å². The van der Waals surface area contributed by atoms with Crippen molar-refractivity contribution >= 4 is 34.1 Å². The van der Waals surface area contributed by atoms with E-state index in [0.717, 1.165) is 0 Å². The quantitative estimate of drug-likeness (QED) is 0.413. The molecule has 0 aliphatic rings. The fourth-order valence-electron chi connectivity index (χ4n) is 0. The summed E-state index contributed by atoms with van der Waals surface area (Å²) >= 11 is 1.44. The van der Waals surface area contributed by atoms with Crippen LogP contribution in [-0.4, -0.2) is 34.1 Å². The SMILES string of the molecule is C[CH2][GeH2].[GeH3]. The zero-order chi connectivity index (χ0) is 2.71. The molecule has 0 bridgehead atoms. The molecule has 2 heteroatoms. The second kappa shape index (κ2) is 8.94. The molecule has 4 heavy (non-hydrogen) atoms. The van der Waals surface area contributed by atoms with Crippen molar-refractivity contribution in [3.63, 3.8) is 0 Å². The van der Waals surface area contributed by atoms with Gasteiger partial charge in [0.05, 0.1) is 0 Å². The van der Waals surface area contributed by atoms with Crippen LogP contribution in [0.2, 0.25) is 5.25 Å². The number of hydrogen-bond donors (Lipinski definition) is 0.